The number of hydrogen-bond acceptors (Lipinski definition) is 6. The summed E-state index contributed by atoms with van der Waals surface area (Å²) in [5, 5.41) is 12.9. The van der Waals surface area contributed by atoms with Gasteiger partial charge >= 0.3 is 0 Å². The predicted molar refractivity (Wildman–Crippen MR) is 138 cm³/mol. The van der Waals surface area contributed by atoms with Crippen molar-refractivity contribution in [1.29, 1.82) is 5.26 Å². The molecule has 4 aromatic rings. The van der Waals surface area contributed by atoms with Crippen LogP contribution < -0.4 is 20.3 Å². The summed E-state index contributed by atoms with van der Waals surface area (Å²) >= 11 is 6.11. The van der Waals surface area contributed by atoms with Crippen LogP contribution >= 0.6 is 11.6 Å². The summed E-state index contributed by atoms with van der Waals surface area (Å²) in [6.45, 7) is 4.20. The molecule has 0 atom stereocenters. The van der Waals surface area contributed by atoms with Crippen LogP contribution in [0.2, 0.25) is 5.02 Å². The molecule has 0 saturated carbocycles. The van der Waals surface area contributed by atoms with Crippen molar-refractivity contribution in [1.82, 2.24) is 9.38 Å². The highest BCUT2D eigenvalue weighted by molar-refractivity contribution is 6.31. The molecule has 9 heteroatoms. The number of rotatable bonds is 7. The number of aromatic nitrogens is 2. The Morgan fingerprint density at radius 1 is 1.17 bits per heavy atom. The minimum atomic E-state index is -0.687. The smallest absolute Gasteiger partial charge is 0.269 e. The highest BCUT2D eigenvalue weighted by atomic mass is 35.5. The topological polar surface area (TPSA) is 106 Å². The number of anilines is 1. The molecule has 0 fully saturated rings. The van der Waals surface area contributed by atoms with Crippen LogP contribution in [0.15, 0.2) is 77.2 Å². The van der Waals surface area contributed by atoms with Gasteiger partial charge in [0.05, 0.1) is 6.61 Å². The third-order valence-electron chi connectivity index (χ3n) is 5.15. The largest absolute Gasteiger partial charge is 0.494 e. The maximum atomic E-state index is 13.3. The average molecular weight is 501 g/mol. The van der Waals surface area contributed by atoms with E-state index in [0.29, 0.717) is 34.5 Å². The van der Waals surface area contributed by atoms with Crippen molar-refractivity contribution < 1.29 is 14.3 Å². The lowest BCUT2D eigenvalue weighted by atomic mass is 10.1. The van der Waals surface area contributed by atoms with Crippen LogP contribution in [-0.4, -0.2) is 21.9 Å². The van der Waals surface area contributed by atoms with Gasteiger partial charge in [-0.1, -0.05) is 17.7 Å². The molecule has 0 spiro atoms. The van der Waals surface area contributed by atoms with E-state index in [1.165, 1.54) is 10.5 Å². The van der Waals surface area contributed by atoms with Crippen LogP contribution in [-0.2, 0) is 4.79 Å². The molecule has 0 aliphatic rings. The summed E-state index contributed by atoms with van der Waals surface area (Å²) in [5.41, 5.74) is 0.739. The zero-order valence-electron chi connectivity index (χ0n) is 19.5. The first kappa shape index (κ1) is 24.5. The number of aryl methyl sites for hydroxylation is 1. The van der Waals surface area contributed by atoms with Gasteiger partial charge in [-0.25, -0.2) is 0 Å². The molecule has 1 amide bonds. The molecule has 4 rings (SSSR count). The van der Waals surface area contributed by atoms with E-state index in [0.717, 1.165) is 5.56 Å². The second-order valence-electron chi connectivity index (χ2n) is 7.66. The standard InChI is InChI=1S/C27H21ClN4O4/c1-3-35-20-9-7-19(8-10-20)30-25(33)18(16-29)15-22-26(36-21-11-12-23(28)17(2)14-21)31-24-6-4-5-13-32(24)27(22)34/h4-15H,3H2,1-2H3,(H,30,33). The van der Waals surface area contributed by atoms with Crippen molar-refractivity contribution in [2.24, 2.45) is 0 Å². The second-order valence-corrected chi connectivity index (χ2v) is 8.07. The Hall–Kier alpha value is -4.61. The number of carbonyl (C=O) groups is 1. The Bertz CT molecular complexity index is 1570. The number of nitrogens with zero attached hydrogens (tertiary/aromatic N) is 3. The average Bonchev–Trinajstić information content (AvgIpc) is 2.87. The van der Waals surface area contributed by atoms with E-state index in [9.17, 15) is 14.9 Å². The molecule has 2 aromatic heterocycles. The molecule has 0 aliphatic heterocycles. The fraction of sp³-hybridized carbons (Fsp3) is 0.111. The Kier molecular flexibility index (Phi) is 7.33. The minimum Gasteiger partial charge on any atom is -0.494 e. The lowest BCUT2D eigenvalue weighted by molar-refractivity contribution is -0.112. The van der Waals surface area contributed by atoms with Gasteiger partial charge in [0.2, 0.25) is 5.88 Å². The molecular formula is C27H21ClN4O4. The normalized spacial score (nSPS) is 11.1. The van der Waals surface area contributed by atoms with Gasteiger partial charge in [-0.05, 0) is 80.1 Å². The maximum Gasteiger partial charge on any atom is 0.269 e. The van der Waals surface area contributed by atoms with Crippen LogP contribution in [0.5, 0.6) is 17.4 Å². The fourth-order valence-corrected chi connectivity index (χ4v) is 3.49. The number of ether oxygens (including phenoxy) is 2. The summed E-state index contributed by atoms with van der Waals surface area (Å²) in [7, 11) is 0. The summed E-state index contributed by atoms with van der Waals surface area (Å²) in [6, 6.07) is 18.6. The lowest BCUT2D eigenvalue weighted by Gasteiger charge is -2.11. The van der Waals surface area contributed by atoms with E-state index in [1.54, 1.807) is 66.9 Å². The van der Waals surface area contributed by atoms with Gasteiger partial charge in [0.15, 0.2) is 0 Å². The molecule has 8 nitrogen and oxygen atoms in total. The van der Waals surface area contributed by atoms with Gasteiger partial charge in [0.1, 0.15) is 34.4 Å². The van der Waals surface area contributed by atoms with Crippen LogP contribution in [0.25, 0.3) is 11.7 Å². The number of amides is 1. The minimum absolute atomic E-state index is 0.0467. The Morgan fingerprint density at radius 2 is 1.92 bits per heavy atom. The van der Waals surface area contributed by atoms with Gasteiger partial charge in [-0.15, -0.1) is 0 Å². The highest BCUT2D eigenvalue weighted by Crippen LogP contribution is 2.27. The third-order valence-corrected chi connectivity index (χ3v) is 5.58. The number of nitrogens with one attached hydrogen (secondary N) is 1. The molecular weight excluding hydrogens is 480 g/mol. The lowest BCUT2D eigenvalue weighted by Crippen LogP contribution is -2.20. The van der Waals surface area contributed by atoms with Crippen LogP contribution in [0.1, 0.15) is 18.1 Å². The number of benzene rings is 2. The van der Waals surface area contributed by atoms with Gasteiger partial charge in [-0.2, -0.15) is 10.2 Å². The zero-order chi connectivity index (χ0) is 25.7. The van der Waals surface area contributed by atoms with Crippen molar-refractivity contribution >= 4 is 34.9 Å². The monoisotopic (exact) mass is 500 g/mol. The van der Waals surface area contributed by atoms with Crippen LogP contribution in [0.3, 0.4) is 0 Å². The second kappa shape index (κ2) is 10.8. The molecule has 2 aromatic carbocycles. The van der Waals surface area contributed by atoms with E-state index < -0.39 is 11.5 Å². The number of nitriles is 1. The molecule has 180 valence electrons. The molecule has 0 unspecified atom stereocenters. The first-order chi connectivity index (χ1) is 17.4. The van der Waals surface area contributed by atoms with Crippen molar-refractivity contribution in [3.05, 3.63) is 98.9 Å². The number of fused-ring (bicyclic) bond motifs is 1. The number of pyridine rings is 1. The molecule has 0 bridgehead atoms. The molecule has 2 heterocycles. The van der Waals surface area contributed by atoms with E-state index >= 15 is 0 Å². The molecule has 0 aliphatic carbocycles. The molecule has 0 radical (unpaired) electrons. The molecule has 36 heavy (non-hydrogen) atoms. The van der Waals surface area contributed by atoms with E-state index in [-0.39, 0.29) is 17.0 Å². The van der Waals surface area contributed by atoms with Crippen molar-refractivity contribution in [3.8, 4) is 23.4 Å². The Morgan fingerprint density at radius 3 is 2.61 bits per heavy atom. The van der Waals surface area contributed by atoms with Gasteiger partial charge in [0, 0.05) is 16.9 Å². The number of carbonyl (C=O) groups excluding carboxylic acids is 1. The SMILES string of the molecule is CCOc1ccc(NC(=O)C(C#N)=Cc2c(Oc3ccc(Cl)c(C)c3)nc3ccccn3c2=O)cc1. The molecule has 1 N–H and O–H groups in total. The summed E-state index contributed by atoms with van der Waals surface area (Å²) in [5.74, 6) is 0.319. The van der Waals surface area contributed by atoms with Gasteiger partial charge in [0.25, 0.3) is 11.5 Å². The van der Waals surface area contributed by atoms with Crippen LogP contribution in [0.4, 0.5) is 5.69 Å². The maximum absolute atomic E-state index is 13.3. The first-order valence-electron chi connectivity index (χ1n) is 11.0. The third kappa shape index (κ3) is 5.37. The quantitative estimate of drug-likeness (QED) is 0.269. The zero-order valence-corrected chi connectivity index (χ0v) is 20.2. The van der Waals surface area contributed by atoms with Crippen LogP contribution in [0, 0.1) is 18.3 Å². The van der Waals surface area contributed by atoms with E-state index in [4.69, 9.17) is 21.1 Å². The fourth-order valence-electron chi connectivity index (χ4n) is 3.37. The van der Waals surface area contributed by atoms with Gasteiger partial charge < -0.3 is 14.8 Å². The van der Waals surface area contributed by atoms with Crippen molar-refractivity contribution in [2.45, 2.75) is 13.8 Å². The Labute approximate surface area is 212 Å². The number of halogens is 1. The Balaban J connectivity index is 1.74. The summed E-state index contributed by atoms with van der Waals surface area (Å²) in [6.07, 6.45) is 2.72. The summed E-state index contributed by atoms with van der Waals surface area (Å²) in [4.78, 5) is 30.6. The summed E-state index contributed by atoms with van der Waals surface area (Å²) < 4.78 is 12.6. The van der Waals surface area contributed by atoms with Crippen molar-refractivity contribution in [3.63, 3.8) is 0 Å². The first-order valence-corrected chi connectivity index (χ1v) is 11.4. The predicted octanol–water partition coefficient (Wildman–Crippen LogP) is 5.39. The van der Waals surface area contributed by atoms with E-state index in [1.807, 2.05) is 19.9 Å². The van der Waals surface area contributed by atoms with Gasteiger partial charge in [-0.3, -0.25) is 14.0 Å². The number of hydrogen-bond donors (Lipinski definition) is 1. The van der Waals surface area contributed by atoms with E-state index in [2.05, 4.69) is 10.3 Å². The van der Waals surface area contributed by atoms with Crippen molar-refractivity contribution in [2.75, 3.05) is 11.9 Å². The molecule has 0 saturated heterocycles. The highest BCUT2D eigenvalue weighted by Gasteiger charge is 2.18.